The number of aliphatic carboxylic acids is 1. The number of esters is 1. The van der Waals surface area contributed by atoms with Crippen molar-refractivity contribution in [2.75, 3.05) is 0 Å². The molecule has 148 valence electrons. The first-order valence-corrected chi connectivity index (χ1v) is 8.67. The van der Waals surface area contributed by atoms with Gasteiger partial charge in [-0.3, -0.25) is 0 Å². The normalized spacial score (nSPS) is 34.0. The van der Waals surface area contributed by atoms with Gasteiger partial charge in [0.05, 0.1) is 11.7 Å². The Morgan fingerprint density at radius 1 is 1.19 bits per heavy atom. The van der Waals surface area contributed by atoms with Crippen LogP contribution >= 0.6 is 0 Å². The van der Waals surface area contributed by atoms with Crippen molar-refractivity contribution in [3.63, 3.8) is 0 Å². The number of cyclic esters (lactones) is 1. The fourth-order valence-corrected chi connectivity index (χ4v) is 3.28. The molecular weight excluding hydrogens is 360 g/mol. The lowest BCUT2D eigenvalue weighted by Gasteiger charge is -2.39. The van der Waals surface area contributed by atoms with E-state index in [-0.39, 0.29) is 5.97 Å². The maximum atomic E-state index is 11.8. The van der Waals surface area contributed by atoms with E-state index < -0.39 is 48.9 Å². The summed E-state index contributed by atoms with van der Waals surface area (Å²) in [5.41, 5.74) is 1.33. The number of fused-ring (bicyclic) bond motifs is 1. The summed E-state index contributed by atoms with van der Waals surface area (Å²) in [4.78, 5) is 22.9. The molecule has 4 N–H and O–H groups in total. The average molecular weight is 382 g/mol. The Morgan fingerprint density at radius 3 is 2.59 bits per heavy atom. The molecule has 0 spiro atoms. The first-order chi connectivity index (χ1) is 12.8. The number of carbonyl (C=O) groups is 2. The Hall–Kier alpha value is -2.04. The molecule has 1 saturated heterocycles. The van der Waals surface area contributed by atoms with E-state index in [2.05, 4.69) is 0 Å². The van der Waals surface area contributed by atoms with Gasteiger partial charge in [0.25, 0.3) is 0 Å². The second kappa shape index (κ2) is 7.91. The molecule has 2 heterocycles. The zero-order valence-corrected chi connectivity index (χ0v) is 14.6. The Kier molecular flexibility index (Phi) is 5.78. The van der Waals surface area contributed by atoms with Gasteiger partial charge >= 0.3 is 11.9 Å². The van der Waals surface area contributed by atoms with Crippen molar-refractivity contribution in [2.45, 2.75) is 62.7 Å². The molecule has 1 aromatic carbocycles. The Morgan fingerprint density at radius 2 is 1.89 bits per heavy atom. The minimum atomic E-state index is -1.76. The Bertz CT molecular complexity index is 706. The molecule has 0 bridgehead atoms. The number of hydrogen-bond donors (Lipinski definition) is 4. The van der Waals surface area contributed by atoms with E-state index in [1.165, 1.54) is 0 Å². The molecule has 2 unspecified atom stereocenters. The van der Waals surface area contributed by atoms with Crippen molar-refractivity contribution < 1.29 is 44.2 Å². The number of carboxylic acid groups (broad SMARTS) is 1. The SMILES string of the molecule is CC(CCC1OC(=O)c2ccccc21)O[C@@H]1O[C@H](C(=O)O)[C@@H](O)[C@H](O)[C@H]1O. The quantitative estimate of drug-likeness (QED) is 0.499. The van der Waals surface area contributed by atoms with Gasteiger partial charge < -0.3 is 34.6 Å². The van der Waals surface area contributed by atoms with Crippen LogP contribution in [0.3, 0.4) is 0 Å². The van der Waals surface area contributed by atoms with Crippen molar-refractivity contribution in [2.24, 2.45) is 0 Å². The van der Waals surface area contributed by atoms with Gasteiger partial charge in [0, 0.05) is 5.56 Å². The molecule has 27 heavy (non-hydrogen) atoms. The highest BCUT2D eigenvalue weighted by Gasteiger charge is 2.47. The first kappa shape index (κ1) is 19.7. The van der Waals surface area contributed by atoms with E-state index in [0.717, 1.165) is 5.56 Å². The fraction of sp³-hybridized carbons (Fsp3) is 0.556. The van der Waals surface area contributed by atoms with E-state index in [9.17, 15) is 24.9 Å². The van der Waals surface area contributed by atoms with Crippen LogP contribution in [0.25, 0.3) is 0 Å². The van der Waals surface area contributed by atoms with Crippen LogP contribution < -0.4 is 0 Å². The number of hydrogen-bond acceptors (Lipinski definition) is 8. The van der Waals surface area contributed by atoms with Crippen molar-refractivity contribution in [3.8, 4) is 0 Å². The maximum absolute atomic E-state index is 11.8. The number of benzene rings is 1. The van der Waals surface area contributed by atoms with Crippen LogP contribution in [0.4, 0.5) is 0 Å². The van der Waals surface area contributed by atoms with E-state index >= 15 is 0 Å². The lowest BCUT2D eigenvalue weighted by Crippen LogP contribution is -2.60. The molecule has 1 aromatic rings. The number of rotatable bonds is 6. The van der Waals surface area contributed by atoms with Crippen molar-refractivity contribution >= 4 is 11.9 Å². The molecule has 2 aliphatic heterocycles. The number of aliphatic hydroxyl groups excluding tert-OH is 3. The summed E-state index contributed by atoms with van der Waals surface area (Å²) in [5, 5.41) is 38.5. The molecule has 0 aromatic heterocycles. The van der Waals surface area contributed by atoms with Crippen LogP contribution in [-0.4, -0.2) is 69.2 Å². The number of carboxylic acids is 1. The van der Waals surface area contributed by atoms with Gasteiger partial charge in [0.15, 0.2) is 12.4 Å². The standard InChI is InChI=1S/C18H22O9/c1-8(6-7-11-9-4-2-3-5-10(9)17(24)26-11)25-18-14(21)12(19)13(20)15(27-18)16(22)23/h2-5,8,11-15,18-21H,6-7H2,1H3,(H,22,23)/t8?,11?,12-,13-,14+,15-,18+/m0/s1. The largest absolute Gasteiger partial charge is 0.479 e. The molecule has 2 aliphatic rings. The summed E-state index contributed by atoms with van der Waals surface area (Å²) in [6.07, 6.45) is -8.19. The molecule has 9 heteroatoms. The van der Waals surface area contributed by atoms with Crippen molar-refractivity contribution in [1.82, 2.24) is 0 Å². The summed E-state index contributed by atoms with van der Waals surface area (Å²) in [6.45, 7) is 1.69. The smallest absolute Gasteiger partial charge is 0.339 e. The van der Waals surface area contributed by atoms with Gasteiger partial charge in [0.1, 0.15) is 24.4 Å². The van der Waals surface area contributed by atoms with Crippen LogP contribution in [0.2, 0.25) is 0 Å². The third kappa shape index (κ3) is 3.97. The molecule has 1 fully saturated rings. The minimum absolute atomic E-state index is 0.378. The molecule has 0 amide bonds. The van der Waals surface area contributed by atoms with Crippen molar-refractivity contribution in [1.29, 1.82) is 0 Å². The Labute approximate surface area is 155 Å². The summed E-state index contributed by atoms with van der Waals surface area (Å²) in [5.74, 6) is -1.85. The summed E-state index contributed by atoms with van der Waals surface area (Å²) < 4.78 is 16.0. The number of aliphatic hydroxyl groups is 3. The highest BCUT2D eigenvalue weighted by molar-refractivity contribution is 5.93. The van der Waals surface area contributed by atoms with Crippen LogP contribution in [0.15, 0.2) is 24.3 Å². The zero-order valence-electron chi connectivity index (χ0n) is 14.6. The van der Waals surface area contributed by atoms with E-state index in [4.69, 9.17) is 19.3 Å². The van der Waals surface area contributed by atoms with Gasteiger partial charge in [-0.1, -0.05) is 18.2 Å². The lowest BCUT2D eigenvalue weighted by molar-refractivity contribution is -0.303. The highest BCUT2D eigenvalue weighted by Crippen LogP contribution is 2.34. The topological polar surface area (TPSA) is 143 Å². The predicted octanol–water partition coefficient (Wildman–Crippen LogP) is -0.0244. The van der Waals surface area contributed by atoms with Gasteiger partial charge in [-0.25, -0.2) is 9.59 Å². The molecular formula is C18H22O9. The van der Waals surface area contributed by atoms with E-state index in [0.29, 0.717) is 18.4 Å². The molecule has 0 saturated carbocycles. The number of ether oxygens (including phenoxy) is 3. The third-order valence-electron chi connectivity index (χ3n) is 4.79. The summed E-state index contributed by atoms with van der Waals surface area (Å²) in [7, 11) is 0. The predicted molar refractivity (Wildman–Crippen MR) is 88.7 cm³/mol. The molecule has 0 radical (unpaired) electrons. The minimum Gasteiger partial charge on any atom is -0.479 e. The number of carbonyl (C=O) groups excluding carboxylic acids is 1. The fourth-order valence-electron chi connectivity index (χ4n) is 3.28. The monoisotopic (exact) mass is 382 g/mol. The molecule has 0 aliphatic carbocycles. The van der Waals surface area contributed by atoms with Gasteiger partial charge in [-0.15, -0.1) is 0 Å². The van der Waals surface area contributed by atoms with Crippen LogP contribution in [-0.2, 0) is 19.0 Å². The Balaban J connectivity index is 1.57. The first-order valence-electron chi connectivity index (χ1n) is 8.67. The van der Waals surface area contributed by atoms with Crippen LogP contribution in [0, 0.1) is 0 Å². The van der Waals surface area contributed by atoms with Gasteiger partial charge in [-0.05, 0) is 25.8 Å². The maximum Gasteiger partial charge on any atom is 0.339 e. The highest BCUT2D eigenvalue weighted by atomic mass is 16.7. The van der Waals surface area contributed by atoms with Crippen LogP contribution in [0.5, 0.6) is 0 Å². The van der Waals surface area contributed by atoms with E-state index in [1.807, 2.05) is 12.1 Å². The van der Waals surface area contributed by atoms with Crippen LogP contribution in [0.1, 0.15) is 41.8 Å². The summed E-state index contributed by atoms with van der Waals surface area (Å²) >= 11 is 0. The van der Waals surface area contributed by atoms with Crippen molar-refractivity contribution in [3.05, 3.63) is 35.4 Å². The average Bonchev–Trinajstić information content (AvgIpc) is 2.96. The summed E-state index contributed by atoms with van der Waals surface area (Å²) in [6, 6.07) is 7.09. The molecule has 3 rings (SSSR count). The van der Waals surface area contributed by atoms with E-state index in [1.54, 1.807) is 19.1 Å². The zero-order chi connectivity index (χ0) is 19.7. The third-order valence-corrected chi connectivity index (χ3v) is 4.79. The second-order valence-corrected chi connectivity index (χ2v) is 6.74. The second-order valence-electron chi connectivity index (χ2n) is 6.74. The van der Waals surface area contributed by atoms with Gasteiger partial charge in [0.2, 0.25) is 0 Å². The molecule has 7 atom stereocenters. The van der Waals surface area contributed by atoms with Gasteiger partial charge in [-0.2, -0.15) is 0 Å². The molecule has 9 nitrogen and oxygen atoms in total. The lowest BCUT2D eigenvalue weighted by atomic mass is 9.98.